The van der Waals surface area contributed by atoms with Gasteiger partial charge in [0, 0.05) is 53.7 Å². The first kappa shape index (κ1) is 18.6. The molecule has 4 heterocycles. The van der Waals surface area contributed by atoms with E-state index in [0.717, 1.165) is 45.9 Å². The van der Waals surface area contributed by atoms with E-state index in [-0.39, 0.29) is 0 Å². The molecule has 4 aromatic heterocycles. The predicted molar refractivity (Wildman–Crippen MR) is 114 cm³/mol. The molecule has 0 saturated carbocycles. The van der Waals surface area contributed by atoms with Crippen LogP contribution < -0.4 is 0 Å². The van der Waals surface area contributed by atoms with Gasteiger partial charge in [0.05, 0.1) is 11.4 Å². The van der Waals surface area contributed by atoms with Gasteiger partial charge in [-0.3, -0.25) is 9.97 Å². The van der Waals surface area contributed by atoms with E-state index in [9.17, 15) is 0 Å². The monoisotopic (exact) mass is 380 g/mol. The Bertz CT molecular complexity index is 1120. The standard InChI is InChI=1S/C23H20N6/c1-16-13-19(9-11-24-16)21-7-5-18(14-25-21)12-17(2)28-23-8-6-20(15-26-23)22-4-3-10-27-29-22/h3-11,13-15H,12H2,1-2H3. The molecule has 0 aliphatic rings. The minimum absolute atomic E-state index is 0.673. The molecule has 0 aliphatic carbocycles. The summed E-state index contributed by atoms with van der Waals surface area (Å²) in [5.74, 6) is 0.673. The molecule has 142 valence electrons. The summed E-state index contributed by atoms with van der Waals surface area (Å²) in [6.45, 7) is 3.98. The van der Waals surface area contributed by atoms with Crippen LogP contribution in [0.4, 0.5) is 5.82 Å². The lowest BCUT2D eigenvalue weighted by molar-refractivity contribution is 1.04. The summed E-state index contributed by atoms with van der Waals surface area (Å²) in [6.07, 6.45) is 7.84. The largest absolute Gasteiger partial charge is 0.262 e. The van der Waals surface area contributed by atoms with Crippen molar-refractivity contribution in [2.75, 3.05) is 0 Å². The molecule has 0 unspecified atom stereocenters. The molecule has 0 saturated heterocycles. The Morgan fingerprint density at radius 1 is 0.862 bits per heavy atom. The Morgan fingerprint density at radius 2 is 1.79 bits per heavy atom. The van der Waals surface area contributed by atoms with E-state index in [4.69, 9.17) is 0 Å². The van der Waals surface area contributed by atoms with Crippen molar-refractivity contribution in [3.05, 3.63) is 84.6 Å². The second kappa shape index (κ2) is 8.48. The van der Waals surface area contributed by atoms with Gasteiger partial charge in [0.1, 0.15) is 0 Å². The molecule has 0 atom stereocenters. The fourth-order valence-corrected chi connectivity index (χ4v) is 2.99. The Morgan fingerprint density at radius 3 is 2.48 bits per heavy atom. The maximum absolute atomic E-state index is 4.61. The normalized spacial score (nSPS) is 11.4. The lowest BCUT2D eigenvalue weighted by Crippen LogP contribution is -1.98. The summed E-state index contributed by atoms with van der Waals surface area (Å²) in [4.78, 5) is 17.8. The quantitative estimate of drug-likeness (QED) is 0.471. The van der Waals surface area contributed by atoms with Gasteiger partial charge in [0.2, 0.25) is 0 Å². The van der Waals surface area contributed by atoms with Crippen molar-refractivity contribution in [1.82, 2.24) is 25.1 Å². The second-order valence-corrected chi connectivity index (χ2v) is 6.78. The summed E-state index contributed by atoms with van der Waals surface area (Å²) in [5.41, 5.74) is 6.78. The summed E-state index contributed by atoms with van der Waals surface area (Å²) < 4.78 is 0. The minimum atomic E-state index is 0.673. The number of rotatable bonds is 5. The van der Waals surface area contributed by atoms with E-state index in [1.165, 1.54) is 0 Å². The van der Waals surface area contributed by atoms with Crippen LogP contribution in [0, 0.1) is 6.92 Å². The van der Waals surface area contributed by atoms with Gasteiger partial charge in [0.25, 0.3) is 0 Å². The Hall–Kier alpha value is -3.80. The van der Waals surface area contributed by atoms with E-state index < -0.39 is 0 Å². The molecule has 4 rings (SSSR count). The third kappa shape index (κ3) is 4.73. The number of aromatic nitrogens is 5. The number of nitrogens with zero attached hydrogens (tertiary/aromatic N) is 6. The summed E-state index contributed by atoms with van der Waals surface area (Å²) in [7, 11) is 0. The molecule has 0 amide bonds. The SMILES string of the molecule is CC(Cc1ccc(-c2ccnc(C)c2)nc1)=Nc1ccc(-c2cccnn2)cn1. The van der Waals surface area contributed by atoms with Gasteiger partial charge in [-0.05, 0) is 61.9 Å². The highest BCUT2D eigenvalue weighted by atomic mass is 15.1. The minimum Gasteiger partial charge on any atom is -0.262 e. The first-order chi connectivity index (χ1) is 14.2. The van der Waals surface area contributed by atoms with E-state index in [1.807, 2.05) is 62.5 Å². The summed E-state index contributed by atoms with van der Waals surface area (Å²) >= 11 is 0. The maximum atomic E-state index is 4.61. The van der Waals surface area contributed by atoms with Gasteiger partial charge in [-0.25, -0.2) is 9.98 Å². The van der Waals surface area contributed by atoms with E-state index in [2.05, 4.69) is 36.2 Å². The second-order valence-electron chi connectivity index (χ2n) is 6.78. The Kier molecular flexibility index (Phi) is 5.42. The Balaban J connectivity index is 1.45. The van der Waals surface area contributed by atoms with Crippen LogP contribution in [-0.2, 0) is 6.42 Å². The van der Waals surface area contributed by atoms with Crippen LogP contribution in [0.15, 0.2) is 78.3 Å². The topological polar surface area (TPSA) is 76.8 Å². The number of aliphatic imine (C=N–C) groups is 1. The van der Waals surface area contributed by atoms with Crippen molar-refractivity contribution in [3.63, 3.8) is 0 Å². The lowest BCUT2D eigenvalue weighted by atomic mass is 10.1. The van der Waals surface area contributed by atoms with Gasteiger partial charge in [-0.1, -0.05) is 6.07 Å². The van der Waals surface area contributed by atoms with Crippen LogP contribution in [0.5, 0.6) is 0 Å². The van der Waals surface area contributed by atoms with E-state index >= 15 is 0 Å². The molecule has 0 aliphatic heterocycles. The highest BCUT2D eigenvalue weighted by Gasteiger charge is 2.04. The van der Waals surface area contributed by atoms with E-state index in [1.54, 1.807) is 18.6 Å². The molecule has 6 nitrogen and oxygen atoms in total. The third-order valence-corrected chi connectivity index (χ3v) is 4.40. The summed E-state index contributed by atoms with van der Waals surface area (Å²) in [5, 5.41) is 7.99. The van der Waals surface area contributed by atoms with E-state index in [0.29, 0.717) is 5.82 Å². The van der Waals surface area contributed by atoms with Crippen LogP contribution in [0.1, 0.15) is 18.2 Å². The predicted octanol–water partition coefficient (Wildman–Crippen LogP) is 4.64. The van der Waals surface area contributed by atoms with Crippen molar-refractivity contribution in [2.45, 2.75) is 20.3 Å². The van der Waals surface area contributed by atoms with Crippen LogP contribution >= 0.6 is 0 Å². The molecule has 6 heteroatoms. The Labute approximate surface area is 169 Å². The molecule has 0 radical (unpaired) electrons. The molecule has 0 spiro atoms. The average Bonchev–Trinajstić information content (AvgIpc) is 2.75. The fourth-order valence-electron chi connectivity index (χ4n) is 2.99. The van der Waals surface area contributed by atoms with Gasteiger partial charge in [-0.2, -0.15) is 10.2 Å². The van der Waals surface area contributed by atoms with Crippen molar-refractivity contribution in [1.29, 1.82) is 0 Å². The zero-order valence-electron chi connectivity index (χ0n) is 16.3. The van der Waals surface area contributed by atoms with Crippen molar-refractivity contribution < 1.29 is 0 Å². The molecule has 0 bridgehead atoms. The smallest absolute Gasteiger partial charge is 0.151 e. The van der Waals surface area contributed by atoms with Crippen molar-refractivity contribution in [2.24, 2.45) is 4.99 Å². The maximum Gasteiger partial charge on any atom is 0.151 e. The number of hydrogen-bond donors (Lipinski definition) is 0. The molecule has 0 N–H and O–H groups in total. The van der Waals surface area contributed by atoms with Gasteiger partial charge in [0.15, 0.2) is 5.82 Å². The first-order valence-electron chi connectivity index (χ1n) is 9.33. The van der Waals surface area contributed by atoms with Crippen LogP contribution in [0.3, 0.4) is 0 Å². The molecule has 0 aromatic carbocycles. The lowest BCUT2D eigenvalue weighted by Gasteiger charge is -2.05. The van der Waals surface area contributed by atoms with Crippen LogP contribution in [0.2, 0.25) is 0 Å². The van der Waals surface area contributed by atoms with Gasteiger partial charge >= 0.3 is 0 Å². The number of pyridine rings is 3. The molecule has 29 heavy (non-hydrogen) atoms. The number of hydrogen-bond acceptors (Lipinski definition) is 6. The van der Waals surface area contributed by atoms with Crippen molar-refractivity contribution in [3.8, 4) is 22.5 Å². The highest BCUT2D eigenvalue weighted by molar-refractivity contribution is 5.86. The molecular formula is C23H20N6. The van der Waals surface area contributed by atoms with Crippen molar-refractivity contribution >= 4 is 11.5 Å². The summed E-state index contributed by atoms with van der Waals surface area (Å²) in [6, 6.07) is 15.7. The average molecular weight is 380 g/mol. The van der Waals surface area contributed by atoms with Crippen LogP contribution in [0.25, 0.3) is 22.5 Å². The zero-order valence-corrected chi connectivity index (χ0v) is 16.3. The molecule has 0 fully saturated rings. The van der Waals surface area contributed by atoms with Crippen LogP contribution in [-0.4, -0.2) is 30.9 Å². The fraction of sp³-hybridized carbons (Fsp3) is 0.130. The molecule has 4 aromatic rings. The molecular weight excluding hydrogens is 360 g/mol. The number of aryl methyl sites for hydroxylation is 1. The third-order valence-electron chi connectivity index (χ3n) is 4.40. The highest BCUT2D eigenvalue weighted by Crippen LogP contribution is 2.19. The first-order valence-corrected chi connectivity index (χ1v) is 9.33. The van der Waals surface area contributed by atoms with Gasteiger partial charge in [-0.15, -0.1) is 0 Å². The zero-order chi connectivity index (χ0) is 20.1. The van der Waals surface area contributed by atoms with Gasteiger partial charge < -0.3 is 0 Å².